The summed E-state index contributed by atoms with van der Waals surface area (Å²) in [6, 6.07) is 5.59. The summed E-state index contributed by atoms with van der Waals surface area (Å²) in [7, 11) is 0. The molecule has 4 heteroatoms. The largest absolute Gasteiger partial charge is 0.395 e. The number of hydrogen-bond acceptors (Lipinski definition) is 4. The van der Waals surface area contributed by atoms with E-state index in [9.17, 15) is 0 Å². The Labute approximate surface area is 96.3 Å². The van der Waals surface area contributed by atoms with Gasteiger partial charge in [0.25, 0.3) is 0 Å². The first-order valence-corrected chi connectivity index (χ1v) is 5.70. The molecule has 16 heavy (non-hydrogen) atoms. The van der Waals surface area contributed by atoms with E-state index in [4.69, 9.17) is 10.2 Å². The SMILES string of the molecule is CCCC(NC(CO)CO)c1ccccn1. The van der Waals surface area contributed by atoms with Gasteiger partial charge in [0.2, 0.25) is 0 Å². The normalized spacial score (nSPS) is 13.0. The molecule has 3 N–H and O–H groups in total. The average Bonchev–Trinajstić information content (AvgIpc) is 2.35. The molecule has 0 aliphatic rings. The highest BCUT2D eigenvalue weighted by Gasteiger charge is 2.15. The molecule has 1 atom stereocenters. The molecule has 0 aromatic carbocycles. The molecule has 0 aliphatic heterocycles. The van der Waals surface area contributed by atoms with Crippen molar-refractivity contribution in [3.8, 4) is 0 Å². The zero-order chi connectivity index (χ0) is 11.8. The van der Waals surface area contributed by atoms with Gasteiger partial charge in [0.15, 0.2) is 0 Å². The van der Waals surface area contributed by atoms with E-state index >= 15 is 0 Å². The Hall–Kier alpha value is -0.970. The van der Waals surface area contributed by atoms with Gasteiger partial charge in [0.1, 0.15) is 0 Å². The number of nitrogens with zero attached hydrogens (tertiary/aromatic N) is 1. The predicted molar refractivity (Wildman–Crippen MR) is 63.0 cm³/mol. The zero-order valence-electron chi connectivity index (χ0n) is 9.63. The van der Waals surface area contributed by atoms with Crippen LogP contribution in [0, 0.1) is 0 Å². The van der Waals surface area contributed by atoms with Gasteiger partial charge in [-0.15, -0.1) is 0 Å². The zero-order valence-corrected chi connectivity index (χ0v) is 9.63. The summed E-state index contributed by atoms with van der Waals surface area (Å²) in [4.78, 5) is 4.29. The Morgan fingerprint density at radius 3 is 2.56 bits per heavy atom. The number of aliphatic hydroxyl groups excluding tert-OH is 2. The second kappa shape index (κ2) is 7.33. The Balaban J connectivity index is 2.67. The third-order valence-corrected chi connectivity index (χ3v) is 2.50. The lowest BCUT2D eigenvalue weighted by atomic mass is 10.1. The van der Waals surface area contributed by atoms with E-state index in [1.165, 1.54) is 0 Å². The van der Waals surface area contributed by atoms with Crippen LogP contribution >= 0.6 is 0 Å². The van der Waals surface area contributed by atoms with E-state index in [1.807, 2.05) is 18.2 Å². The number of aliphatic hydroxyl groups is 2. The van der Waals surface area contributed by atoms with Gasteiger partial charge in [0, 0.05) is 12.2 Å². The molecular formula is C12H20N2O2. The van der Waals surface area contributed by atoms with Crippen LogP contribution in [0.15, 0.2) is 24.4 Å². The second-order valence-corrected chi connectivity index (χ2v) is 3.82. The lowest BCUT2D eigenvalue weighted by Gasteiger charge is -2.22. The average molecular weight is 224 g/mol. The Morgan fingerprint density at radius 2 is 2.06 bits per heavy atom. The number of pyridine rings is 1. The van der Waals surface area contributed by atoms with E-state index < -0.39 is 0 Å². The maximum Gasteiger partial charge on any atom is 0.0607 e. The molecular weight excluding hydrogens is 204 g/mol. The van der Waals surface area contributed by atoms with Crippen molar-refractivity contribution in [1.82, 2.24) is 10.3 Å². The van der Waals surface area contributed by atoms with Gasteiger partial charge in [-0.05, 0) is 18.6 Å². The molecule has 1 heterocycles. The van der Waals surface area contributed by atoms with Crippen LogP contribution < -0.4 is 5.32 Å². The number of rotatable bonds is 7. The summed E-state index contributed by atoms with van der Waals surface area (Å²) in [6.45, 7) is 1.97. The van der Waals surface area contributed by atoms with Gasteiger partial charge in [-0.1, -0.05) is 19.4 Å². The first-order valence-electron chi connectivity index (χ1n) is 5.70. The molecule has 0 saturated heterocycles. The quantitative estimate of drug-likeness (QED) is 0.643. The van der Waals surface area contributed by atoms with Crippen LogP contribution in [0.2, 0.25) is 0 Å². The first kappa shape index (κ1) is 13.1. The first-order chi connectivity index (χ1) is 7.81. The Bertz CT molecular complexity index is 276. The van der Waals surface area contributed by atoms with Crippen molar-refractivity contribution in [1.29, 1.82) is 0 Å². The maximum atomic E-state index is 9.05. The fraction of sp³-hybridized carbons (Fsp3) is 0.583. The molecule has 0 spiro atoms. The highest BCUT2D eigenvalue weighted by Crippen LogP contribution is 2.16. The summed E-state index contributed by atoms with van der Waals surface area (Å²) >= 11 is 0. The van der Waals surface area contributed by atoms with E-state index in [2.05, 4.69) is 17.2 Å². The summed E-state index contributed by atoms with van der Waals surface area (Å²) in [5.41, 5.74) is 0.955. The van der Waals surface area contributed by atoms with Crippen molar-refractivity contribution in [2.24, 2.45) is 0 Å². The van der Waals surface area contributed by atoms with Crippen LogP contribution in [0.5, 0.6) is 0 Å². The summed E-state index contributed by atoms with van der Waals surface area (Å²) in [5, 5.41) is 21.3. The monoisotopic (exact) mass is 224 g/mol. The van der Waals surface area contributed by atoms with Crippen molar-refractivity contribution >= 4 is 0 Å². The smallest absolute Gasteiger partial charge is 0.0607 e. The van der Waals surface area contributed by atoms with Gasteiger partial charge in [-0.3, -0.25) is 4.98 Å². The minimum atomic E-state index is -0.279. The summed E-state index contributed by atoms with van der Waals surface area (Å²) in [6.07, 6.45) is 3.72. The van der Waals surface area contributed by atoms with E-state index in [0.717, 1.165) is 18.5 Å². The minimum absolute atomic E-state index is 0.0659. The van der Waals surface area contributed by atoms with Crippen LogP contribution in [0.25, 0.3) is 0 Å². The van der Waals surface area contributed by atoms with E-state index in [1.54, 1.807) is 6.20 Å². The van der Waals surface area contributed by atoms with Crippen molar-refractivity contribution in [2.75, 3.05) is 13.2 Å². The molecule has 4 nitrogen and oxygen atoms in total. The number of hydrogen-bond donors (Lipinski definition) is 3. The van der Waals surface area contributed by atoms with Crippen molar-refractivity contribution in [2.45, 2.75) is 31.8 Å². The molecule has 0 radical (unpaired) electrons. The predicted octanol–water partition coefficient (Wildman–Crippen LogP) is 0.866. The maximum absolute atomic E-state index is 9.05. The lowest BCUT2D eigenvalue weighted by molar-refractivity contribution is 0.159. The van der Waals surface area contributed by atoms with Crippen molar-refractivity contribution in [3.63, 3.8) is 0 Å². The molecule has 0 amide bonds. The molecule has 0 bridgehead atoms. The van der Waals surface area contributed by atoms with Crippen LogP contribution in [-0.2, 0) is 0 Å². The van der Waals surface area contributed by atoms with Crippen LogP contribution in [0.4, 0.5) is 0 Å². The van der Waals surface area contributed by atoms with Crippen LogP contribution in [-0.4, -0.2) is 34.5 Å². The number of nitrogens with one attached hydrogen (secondary N) is 1. The topological polar surface area (TPSA) is 65.4 Å². The summed E-state index contributed by atoms with van der Waals surface area (Å²) < 4.78 is 0. The van der Waals surface area contributed by atoms with Gasteiger partial charge >= 0.3 is 0 Å². The standard InChI is InChI=1S/C12H20N2O2/c1-2-5-12(14-10(8-15)9-16)11-6-3-4-7-13-11/h3-4,6-7,10,12,14-16H,2,5,8-9H2,1H3. The summed E-state index contributed by atoms with van der Waals surface area (Å²) in [5.74, 6) is 0. The van der Waals surface area contributed by atoms with Gasteiger partial charge in [-0.25, -0.2) is 0 Å². The van der Waals surface area contributed by atoms with Crippen LogP contribution in [0.3, 0.4) is 0 Å². The highest BCUT2D eigenvalue weighted by atomic mass is 16.3. The van der Waals surface area contributed by atoms with E-state index in [0.29, 0.717) is 0 Å². The van der Waals surface area contributed by atoms with E-state index in [-0.39, 0.29) is 25.3 Å². The molecule has 1 unspecified atom stereocenters. The Kier molecular flexibility index (Phi) is 6.00. The van der Waals surface area contributed by atoms with Gasteiger partial charge < -0.3 is 15.5 Å². The minimum Gasteiger partial charge on any atom is -0.395 e. The molecule has 90 valence electrons. The van der Waals surface area contributed by atoms with Gasteiger partial charge in [0.05, 0.1) is 24.9 Å². The fourth-order valence-corrected chi connectivity index (χ4v) is 1.64. The third kappa shape index (κ3) is 3.89. The van der Waals surface area contributed by atoms with Crippen molar-refractivity contribution in [3.05, 3.63) is 30.1 Å². The van der Waals surface area contributed by atoms with Crippen LogP contribution in [0.1, 0.15) is 31.5 Å². The van der Waals surface area contributed by atoms with Gasteiger partial charge in [-0.2, -0.15) is 0 Å². The third-order valence-electron chi connectivity index (χ3n) is 2.50. The molecule has 1 rings (SSSR count). The second-order valence-electron chi connectivity index (χ2n) is 3.82. The molecule has 1 aromatic heterocycles. The lowest BCUT2D eigenvalue weighted by Crippen LogP contribution is -2.38. The highest BCUT2D eigenvalue weighted by molar-refractivity contribution is 5.08. The Morgan fingerprint density at radius 1 is 1.31 bits per heavy atom. The molecule has 0 fully saturated rings. The molecule has 0 aliphatic carbocycles. The number of aromatic nitrogens is 1. The fourth-order valence-electron chi connectivity index (χ4n) is 1.64. The van der Waals surface area contributed by atoms with Crippen molar-refractivity contribution < 1.29 is 10.2 Å². The molecule has 0 saturated carbocycles. The molecule has 1 aromatic rings.